The minimum Gasteiger partial charge on any atom is -0.354 e. The van der Waals surface area contributed by atoms with Crippen molar-refractivity contribution >= 4 is 18.3 Å². The van der Waals surface area contributed by atoms with E-state index in [0.717, 1.165) is 18.5 Å². The highest BCUT2D eigenvalue weighted by atomic mass is 35.5. The number of carbonyl (C=O) groups is 1. The number of amides is 1. The summed E-state index contributed by atoms with van der Waals surface area (Å²) >= 11 is 0. The lowest BCUT2D eigenvalue weighted by molar-refractivity contribution is -0.123. The molecule has 1 aliphatic rings. The standard InChI is InChI=1S/C13H22N4O.ClH/c1-4-13(5-6-13)9-15-12(18)11(14-2)10-7-16-17(3)8-10;/h7-8,11,14H,4-6,9H2,1-3H3,(H,15,18);1H. The Labute approximate surface area is 120 Å². The minimum absolute atomic E-state index is 0. The largest absolute Gasteiger partial charge is 0.354 e. The lowest BCUT2D eigenvalue weighted by atomic mass is 10.0. The highest BCUT2D eigenvalue weighted by Gasteiger charge is 2.41. The van der Waals surface area contributed by atoms with Crippen LogP contribution in [0.3, 0.4) is 0 Å². The SMILES string of the molecule is CCC1(CNC(=O)C(NC)c2cnn(C)c2)CC1.Cl. The van der Waals surface area contributed by atoms with Crippen LogP contribution in [0.15, 0.2) is 12.4 Å². The number of nitrogens with one attached hydrogen (secondary N) is 2. The van der Waals surface area contributed by atoms with E-state index >= 15 is 0 Å². The summed E-state index contributed by atoms with van der Waals surface area (Å²) in [6.07, 6.45) is 7.22. The van der Waals surface area contributed by atoms with Gasteiger partial charge in [0, 0.05) is 25.4 Å². The molecule has 0 saturated heterocycles. The third-order valence-corrected chi connectivity index (χ3v) is 3.95. The lowest BCUT2D eigenvalue weighted by Crippen LogP contribution is -2.38. The average molecular weight is 287 g/mol. The van der Waals surface area contributed by atoms with Gasteiger partial charge in [-0.1, -0.05) is 6.92 Å². The highest BCUT2D eigenvalue weighted by molar-refractivity contribution is 5.85. The van der Waals surface area contributed by atoms with Gasteiger partial charge in [-0.2, -0.15) is 5.10 Å². The van der Waals surface area contributed by atoms with Gasteiger partial charge in [0.15, 0.2) is 0 Å². The molecule has 0 aliphatic heterocycles. The number of halogens is 1. The van der Waals surface area contributed by atoms with E-state index in [1.54, 1.807) is 17.9 Å². The number of aromatic nitrogens is 2. The number of hydrogen-bond donors (Lipinski definition) is 2. The summed E-state index contributed by atoms with van der Waals surface area (Å²) in [6.45, 7) is 2.98. The molecule has 1 heterocycles. The van der Waals surface area contributed by atoms with Crippen LogP contribution in [0.1, 0.15) is 37.8 Å². The van der Waals surface area contributed by atoms with Crippen molar-refractivity contribution in [1.29, 1.82) is 0 Å². The predicted molar refractivity (Wildman–Crippen MR) is 77.2 cm³/mol. The molecule has 1 atom stereocenters. The number of rotatable bonds is 6. The van der Waals surface area contributed by atoms with E-state index in [1.807, 2.05) is 13.2 Å². The van der Waals surface area contributed by atoms with Crippen molar-refractivity contribution in [3.63, 3.8) is 0 Å². The maximum absolute atomic E-state index is 12.2. The zero-order valence-corrected chi connectivity index (χ0v) is 12.6. The molecule has 1 saturated carbocycles. The molecule has 1 fully saturated rings. The molecule has 0 aromatic carbocycles. The maximum Gasteiger partial charge on any atom is 0.241 e. The first-order valence-electron chi connectivity index (χ1n) is 6.54. The molecule has 0 radical (unpaired) electrons. The Morgan fingerprint density at radius 2 is 2.26 bits per heavy atom. The monoisotopic (exact) mass is 286 g/mol. The Kier molecular flexibility index (Phi) is 5.38. The van der Waals surface area contributed by atoms with Crippen molar-refractivity contribution in [2.75, 3.05) is 13.6 Å². The van der Waals surface area contributed by atoms with E-state index in [-0.39, 0.29) is 24.4 Å². The van der Waals surface area contributed by atoms with Gasteiger partial charge >= 0.3 is 0 Å². The number of nitrogens with zero attached hydrogens (tertiary/aromatic N) is 2. The van der Waals surface area contributed by atoms with Gasteiger partial charge in [0.05, 0.1) is 6.20 Å². The number of aryl methyl sites for hydroxylation is 1. The van der Waals surface area contributed by atoms with Crippen LogP contribution in [0.25, 0.3) is 0 Å². The summed E-state index contributed by atoms with van der Waals surface area (Å²) in [5.41, 5.74) is 1.28. The van der Waals surface area contributed by atoms with Crippen LogP contribution in [0, 0.1) is 5.41 Å². The smallest absolute Gasteiger partial charge is 0.241 e. The van der Waals surface area contributed by atoms with E-state index < -0.39 is 0 Å². The van der Waals surface area contributed by atoms with Crippen molar-refractivity contribution in [3.05, 3.63) is 18.0 Å². The van der Waals surface area contributed by atoms with Crippen LogP contribution in [0.2, 0.25) is 0 Å². The predicted octanol–water partition coefficient (Wildman–Crippen LogP) is 1.41. The van der Waals surface area contributed by atoms with Crippen molar-refractivity contribution in [1.82, 2.24) is 20.4 Å². The minimum atomic E-state index is -0.314. The van der Waals surface area contributed by atoms with Gasteiger partial charge < -0.3 is 10.6 Å². The Balaban J connectivity index is 0.00000180. The molecule has 1 aromatic heterocycles. The molecule has 1 unspecified atom stereocenters. The van der Waals surface area contributed by atoms with Crippen LogP contribution < -0.4 is 10.6 Å². The number of hydrogen-bond acceptors (Lipinski definition) is 3. The summed E-state index contributed by atoms with van der Waals surface area (Å²) < 4.78 is 1.71. The first kappa shape index (κ1) is 16.0. The zero-order chi connectivity index (χ0) is 13.2. The fourth-order valence-electron chi connectivity index (χ4n) is 2.25. The molecule has 6 heteroatoms. The van der Waals surface area contributed by atoms with E-state index in [2.05, 4.69) is 22.7 Å². The highest BCUT2D eigenvalue weighted by Crippen LogP contribution is 2.47. The van der Waals surface area contributed by atoms with Crippen LogP contribution in [-0.2, 0) is 11.8 Å². The van der Waals surface area contributed by atoms with Crippen LogP contribution >= 0.6 is 12.4 Å². The second-order valence-corrected chi connectivity index (χ2v) is 5.24. The maximum atomic E-state index is 12.2. The second-order valence-electron chi connectivity index (χ2n) is 5.24. The van der Waals surface area contributed by atoms with E-state index in [1.165, 1.54) is 12.8 Å². The second kappa shape index (κ2) is 6.39. The Morgan fingerprint density at radius 3 is 2.68 bits per heavy atom. The summed E-state index contributed by atoms with van der Waals surface area (Å²) in [5, 5.41) is 10.2. The van der Waals surface area contributed by atoms with Gasteiger partial charge in [-0.05, 0) is 31.7 Å². The first-order chi connectivity index (χ1) is 8.60. The van der Waals surface area contributed by atoms with E-state index in [9.17, 15) is 4.79 Å². The van der Waals surface area contributed by atoms with E-state index in [0.29, 0.717) is 5.41 Å². The molecular formula is C13H23ClN4O. The summed E-state index contributed by atoms with van der Waals surface area (Å²) in [5.74, 6) is 0.0326. The molecule has 1 amide bonds. The molecule has 0 bridgehead atoms. The van der Waals surface area contributed by atoms with Gasteiger partial charge in [-0.3, -0.25) is 9.48 Å². The molecule has 0 spiro atoms. The molecule has 108 valence electrons. The normalized spacial score (nSPS) is 17.4. The molecule has 19 heavy (non-hydrogen) atoms. The number of carbonyl (C=O) groups excluding carboxylic acids is 1. The number of likely N-dealkylation sites (N-methyl/N-ethyl adjacent to an activating group) is 1. The Morgan fingerprint density at radius 1 is 1.58 bits per heavy atom. The zero-order valence-electron chi connectivity index (χ0n) is 11.8. The molecule has 1 aromatic rings. The molecule has 2 N–H and O–H groups in total. The van der Waals surface area contributed by atoms with Crippen LogP contribution in [0.4, 0.5) is 0 Å². The van der Waals surface area contributed by atoms with Crippen LogP contribution in [-0.4, -0.2) is 29.3 Å². The van der Waals surface area contributed by atoms with Crippen LogP contribution in [0.5, 0.6) is 0 Å². The first-order valence-corrected chi connectivity index (χ1v) is 6.54. The molecule has 1 aliphatic carbocycles. The lowest BCUT2D eigenvalue weighted by Gasteiger charge is -2.18. The van der Waals surface area contributed by atoms with Crippen molar-refractivity contribution < 1.29 is 4.79 Å². The van der Waals surface area contributed by atoms with Gasteiger partial charge in [0.2, 0.25) is 5.91 Å². The Hall–Kier alpha value is -1.07. The Bertz CT molecular complexity index is 428. The van der Waals surface area contributed by atoms with E-state index in [4.69, 9.17) is 0 Å². The summed E-state index contributed by atoms with van der Waals surface area (Å²) in [4.78, 5) is 12.2. The van der Waals surface area contributed by atoms with Crippen molar-refractivity contribution in [2.24, 2.45) is 12.5 Å². The summed E-state index contributed by atoms with van der Waals surface area (Å²) in [6, 6.07) is -0.314. The topological polar surface area (TPSA) is 59.0 Å². The van der Waals surface area contributed by atoms with Gasteiger partial charge in [0.25, 0.3) is 0 Å². The van der Waals surface area contributed by atoms with Gasteiger partial charge in [-0.25, -0.2) is 0 Å². The quantitative estimate of drug-likeness (QED) is 0.831. The molecule has 5 nitrogen and oxygen atoms in total. The molecular weight excluding hydrogens is 264 g/mol. The average Bonchev–Trinajstić information content (AvgIpc) is 3.04. The fourth-order valence-corrected chi connectivity index (χ4v) is 2.25. The van der Waals surface area contributed by atoms with Crippen molar-refractivity contribution in [3.8, 4) is 0 Å². The van der Waals surface area contributed by atoms with Gasteiger partial charge in [0.1, 0.15) is 6.04 Å². The summed E-state index contributed by atoms with van der Waals surface area (Å²) in [7, 11) is 3.65. The van der Waals surface area contributed by atoms with Crippen molar-refractivity contribution in [2.45, 2.75) is 32.2 Å². The van der Waals surface area contributed by atoms with Gasteiger partial charge in [-0.15, -0.1) is 12.4 Å². The third kappa shape index (κ3) is 3.70. The third-order valence-electron chi connectivity index (χ3n) is 3.95. The molecule has 2 rings (SSSR count). The fraction of sp³-hybridized carbons (Fsp3) is 0.692.